The van der Waals surface area contributed by atoms with Crippen LogP contribution in [0.4, 0.5) is 17.1 Å². The Labute approximate surface area is 172 Å². The van der Waals surface area contributed by atoms with E-state index in [1.54, 1.807) is 12.1 Å². The van der Waals surface area contributed by atoms with Crippen molar-refractivity contribution in [3.05, 3.63) is 72.1 Å². The molecule has 0 saturated heterocycles. The van der Waals surface area contributed by atoms with Crippen molar-refractivity contribution in [2.45, 2.75) is 6.92 Å². The van der Waals surface area contributed by atoms with E-state index in [1.807, 2.05) is 18.4 Å². The quantitative estimate of drug-likeness (QED) is 0.363. The van der Waals surface area contributed by atoms with E-state index in [9.17, 15) is 30.1 Å². The lowest BCUT2D eigenvalue weighted by molar-refractivity contribution is -0.396. The van der Waals surface area contributed by atoms with Crippen molar-refractivity contribution in [2.75, 3.05) is 5.32 Å². The Bertz CT molecular complexity index is 1240. The van der Waals surface area contributed by atoms with E-state index in [0.717, 1.165) is 28.4 Å². The molecule has 2 N–H and O–H groups in total. The van der Waals surface area contributed by atoms with Crippen LogP contribution in [0.5, 0.6) is 5.75 Å². The lowest BCUT2D eigenvalue weighted by atomic mass is 10.00. The van der Waals surface area contributed by atoms with Crippen molar-refractivity contribution in [1.29, 1.82) is 0 Å². The summed E-state index contributed by atoms with van der Waals surface area (Å²) in [4.78, 5) is 37.4. The maximum Gasteiger partial charge on any atom is 0.318 e. The molecule has 0 saturated carbocycles. The van der Waals surface area contributed by atoms with Crippen LogP contribution in [0.2, 0.25) is 0 Å². The number of hydrogen-bond donors (Lipinski definition) is 2. The molecule has 0 spiro atoms. The smallest absolute Gasteiger partial charge is 0.318 e. The fraction of sp³-hybridized carbons (Fsp3) is 0.0526. The molecular formula is C19H12N4O6S. The van der Waals surface area contributed by atoms with E-state index in [-0.39, 0.29) is 11.1 Å². The Morgan fingerprint density at radius 2 is 1.80 bits per heavy atom. The van der Waals surface area contributed by atoms with E-state index < -0.39 is 32.9 Å². The van der Waals surface area contributed by atoms with Gasteiger partial charge in [-0.1, -0.05) is 6.07 Å². The summed E-state index contributed by atoms with van der Waals surface area (Å²) in [6.45, 7) is 1.88. The van der Waals surface area contributed by atoms with Crippen LogP contribution in [-0.4, -0.2) is 25.8 Å². The number of carbonyl (C=O) groups excluding carboxylic acids is 1. The zero-order chi connectivity index (χ0) is 21.6. The highest BCUT2D eigenvalue weighted by Gasteiger charge is 2.28. The Morgan fingerprint density at radius 3 is 2.37 bits per heavy atom. The number of nitro benzene ring substituents is 2. The van der Waals surface area contributed by atoms with Crippen LogP contribution in [0.15, 0.2) is 35.7 Å². The number of benzene rings is 2. The van der Waals surface area contributed by atoms with Crippen molar-refractivity contribution >= 4 is 46.0 Å². The largest absolute Gasteiger partial charge is 0.497 e. The highest BCUT2D eigenvalue weighted by molar-refractivity contribution is 7.09. The molecule has 0 unspecified atom stereocenters. The van der Waals surface area contributed by atoms with E-state index >= 15 is 0 Å². The second kappa shape index (κ2) is 7.04. The van der Waals surface area contributed by atoms with Crippen LogP contribution in [-0.2, 0) is 4.79 Å². The fourth-order valence-corrected chi connectivity index (χ4v) is 3.76. The topological polar surface area (TPSA) is 148 Å². The summed E-state index contributed by atoms with van der Waals surface area (Å²) in [5, 5.41) is 37.6. The second-order valence-electron chi connectivity index (χ2n) is 6.45. The SMILES string of the molecule is Cc1nc(-c2ccc3c(c2)C(=Cc2cc([N+](=O)[O-])c(O)c([N+](=O)[O-])c2)C(=O)N3)cs1. The third-order valence-corrected chi connectivity index (χ3v) is 5.29. The van der Waals surface area contributed by atoms with Crippen LogP contribution in [0, 0.1) is 27.2 Å². The van der Waals surface area contributed by atoms with E-state index in [0.29, 0.717) is 11.3 Å². The normalized spacial score (nSPS) is 13.9. The van der Waals surface area contributed by atoms with Gasteiger partial charge in [-0.25, -0.2) is 4.98 Å². The first-order chi connectivity index (χ1) is 14.2. The first-order valence-corrected chi connectivity index (χ1v) is 9.38. The van der Waals surface area contributed by atoms with Gasteiger partial charge in [0.05, 0.1) is 20.5 Å². The molecule has 0 atom stereocenters. The van der Waals surface area contributed by atoms with Crippen LogP contribution >= 0.6 is 11.3 Å². The Morgan fingerprint density at radius 1 is 1.13 bits per heavy atom. The molecule has 150 valence electrons. The molecule has 1 aliphatic heterocycles. The molecule has 3 aromatic rings. The summed E-state index contributed by atoms with van der Waals surface area (Å²) in [5.41, 5.74) is 1.21. The van der Waals surface area contributed by atoms with Gasteiger partial charge in [-0.2, -0.15) is 0 Å². The number of nitro groups is 2. The number of phenols is 1. The van der Waals surface area contributed by atoms with Crippen molar-refractivity contribution < 1.29 is 19.7 Å². The monoisotopic (exact) mass is 424 g/mol. The van der Waals surface area contributed by atoms with Crippen molar-refractivity contribution in [2.24, 2.45) is 0 Å². The number of fused-ring (bicyclic) bond motifs is 1. The fourth-order valence-electron chi connectivity index (χ4n) is 3.14. The average molecular weight is 424 g/mol. The van der Waals surface area contributed by atoms with Gasteiger partial charge in [0.2, 0.25) is 0 Å². The number of thiazole rings is 1. The predicted molar refractivity (Wildman–Crippen MR) is 110 cm³/mol. The standard InChI is InChI=1S/C19H12N4O6S/c1-9-20-15(8-30-9)11-2-3-14-12(7-11)13(19(25)21-14)4-10-5-16(22(26)27)18(24)17(6-10)23(28)29/h2-8,24H,1H3,(H,21,25). The molecule has 0 radical (unpaired) electrons. The third-order valence-electron chi connectivity index (χ3n) is 4.51. The van der Waals surface area contributed by atoms with Gasteiger partial charge in [0.15, 0.2) is 0 Å². The summed E-state index contributed by atoms with van der Waals surface area (Å²) in [5.74, 6) is -1.49. The molecular weight excluding hydrogens is 412 g/mol. The molecule has 4 rings (SSSR count). The molecule has 0 aliphatic carbocycles. The van der Waals surface area contributed by atoms with Crippen LogP contribution in [0.3, 0.4) is 0 Å². The molecule has 11 heteroatoms. The Balaban J connectivity index is 1.85. The number of hydrogen-bond acceptors (Lipinski definition) is 8. The van der Waals surface area contributed by atoms with Gasteiger partial charge in [-0.05, 0) is 30.7 Å². The first kappa shape index (κ1) is 19.2. The zero-order valence-corrected chi connectivity index (χ0v) is 16.1. The number of nitrogens with zero attached hydrogens (tertiary/aromatic N) is 3. The minimum atomic E-state index is -1.04. The molecule has 0 fully saturated rings. The van der Waals surface area contributed by atoms with Gasteiger partial charge in [0.1, 0.15) is 0 Å². The molecule has 0 bridgehead atoms. The molecule has 30 heavy (non-hydrogen) atoms. The summed E-state index contributed by atoms with van der Waals surface area (Å²) in [7, 11) is 0. The summed E-state index contributed by atoms with van der Waals surface area (Å²) < 4.78 is 0. The maximum atomic E-state index is 12.5. The molecule has 2 aromatic carbocycles. The number of rotatable bonds is 4. The van der Waals surface area contributed by atoms with Gasteiger partial charge in [0.25, 0.3) is 11.7 Å². The zero-order valence-electron chi connectivity index (χ0n) is 15.3. The molecule has 1 aliphatic rings. The highest BCUT2D eigenvalue weighted by atomic mass is 32.1. The highest BCUT2D eigenvalue weighted by Crippen LogP contribution is 2.40. The molecule has 1 aromatic heterocycles. The number of aryl methyl sites for hydroxylation is 1. The Kier molecular flexibility index (Phi) is 4.51. The maximum absolute atomic E-state index is 12.5. The van der Waals surface area contributed by atoms with Crippen LogP contribution in [0.25, 0.3) is 22.9 Å². The van der Waals surface area contributed by atoms with Crippen LogP contribution < -0.4 is 5.32 Å². The lowest BCUT2D eigenvalue weighted by Gasteiger charge is -2.04. The third kappa shape index (κ3) is 3.26. The molecule has 10 nitrogen and oxygen atoms in total. The first-order valence-electron chi connectivity index (χ1n) is 8.50. The summed E-state index contributed by atoms with van der Waals surface area (Å²) >= 11 is 1.49. The summed E-state index contributed by atoms with van der Waals surface area (Å²) in [6.07, 6.45) is 1.32. The molecule has 1 amide bonds. The van der Waals surface area contributed by atoms with E-state index in [2.05, 4.69) is 10.3 Å². The summed E-state index contributed by atoms with van der Waals surface area (Å²) in [6, 6.07) is 7.26. The van der Waals surface area contributed by atoms with Gasteiger partial charge < -0.3 is 10.4 Å². The van der Waals surface area contributed by atoms with Crippen molar-refractivity contribution in [1.82, 2.24) is 4.98 Å². The van der Waals surface area contributed by atoms with Crippen molar-refractivity contribution in [3.8, 4) is 17.0 Å². The molecule has 2 heterocycles. The van der Waals surface area contributed by atoms with E-state index in [4.69, 9.17) is 0 Å². The Hall–Kier alpha value is -4.12. The number of phenolic OH excluding ortho intramolecular Hbond substituents is 1. The van der Waals surface area contributed by atoms with Crippen LogP contribution in [0.1, 0.15) is 16.1 Å². The minimum Gasteiger partial charge on any atom is -0.497 e. The minimum absolute atomic E-state index is 0.0408. The second-order valence-corrected chi connectivity index (χ2v) is 7.51. The number of carbonyl (C=O) groups is 1. The number of amides is 1. The number of aromatic hydroxyl groups is 1. The predicted octanol–water partition coefficient (Wildman–Crippen LogP) is 4.13. The lowest BCUT2D eigenvalue weighted by Crippen LogP contribution is -2.03. The van der Waals surface area contributed by atoms with Gasteiger partial charge in [-0.15, -0.1) is 11.3 Å². The average Bonchev–Trinajstić information content (AvgIpc) is 3.25. The van der Waals surface area contributed by atoms with E-state index in [1.165, 1.54) is 17.4 Å². The number of anilines is 1. The number of aromatic nitrogens is 1. The van der Waals surface area contributed by atoms with Crippen molar-refractivity contribution in [3.63, 3.8) is 0 Å². The van der Waals surface area contributed by atoms with Gasteiger partial charge in [0, 0.05) is 39.9 Å². The van der Waals surface area contributed by atoms with Gasteiger partial charge >= 0.3 is 11.4 Å². The number of nitrogens with one attached hydrogen (secondary N) is 1. The van der Waals surface area contributed by atoms with Gasteiger partial charge in [-0.3, -0.25) is 25.0 Å².